The van der Waals surface area contributed by atoms with Crippen molar-refractivity contribution in [2.75, 3.05) is 7.11 Å². The summed E-state index contributed by atoms with van der Waals surface area (Å²) in [4.78, 5) is 22.0. The van der Waals surface area contributed by atoms with Crippen LogP contribution in [0.4, 0.5) is 13.2 Å². The minimum Gasteiger partial charge on any atom is -0.466 e. The van der Waals surface area contributed by atoms with Crippen molar-refractivity contribution >= 4 is 11.9 Å². The number of rotatable bonds is 3. The quantitative estimate of drug-likeness (QED) is 0.782. The number of carbonyl (C=O) groups is 2. The van der Waals surface area contributed by atoms with Crippen molar-refractivity contribution in [3.8, 4) is 0 Å². The highest BCUT2D eigenvalue weighted by Gasteiger charge is 2.43. The number of esters is 2. The SMILES string of the molecule is COC(=O)C(OC(=O)C(F)(F)F)c1ccccc1. The summed E-state index contributed by atoms with van der Waals surface area (Å²) in [6.07, 6.45) is -6.90. The van der Waals surface area contributed by atoms with Crippen LogP contribution < -0.4 is 0 Å². The van der Waals surface area contributed by atoms with Crippen LogP contribution in [0.15, 0.2) is 30.3 Å². The van der Waals surface area contributed by atoms with E-state index in [1.165, 1.54) is 24.3 Å². The lowest BCUT2D eigenvalue weighted by atomic mass is 10.1. The van der Waals surface area contributed by atoms with E-state index in [1.807, 2.05) is 0 Å². The van der Waals surface area contributed by atoms with Crippen molar-refractivity contribution in [3.63, 3.8) is 0 Å². The molecule has 18 heavy (non-hydrogen) atoms. The highest BCUT2D eigenvalue weighted by atomic mass is 19.4. The molecule has 0 radical (unpaired) electrons. The number of hydrogen-bond donors (Lipinski definition) is 0. The van der Waals surface area contributed by atoms with Gasteiger partial charge in [-0.25, -0.2) is 9.59 Å². The van der Waals surface area contributed by atoms with E-state index < -0.39 is 24.2 Å². The molecule has 0 aliphatic carbocycles. The van der Waals surface area contributed by atoms with E-state index in [1.54, 1.807) is 6.07 Å². The highest BCUT2D eigenvalue weighted by molar-refractivity contribution is 5.82. The zero-order chi connectivity index (χ0) is 13.8. The first-order valence-corrected chi connectivity index (χ1v) is 4.77. The highest BCUT2D eigenvalue weighted by Crippen LogP contribution is 2.24. The summed E-state index contributed by atoms with van der Waals surface area (Å²) in [6.45, 7) is 0. The first-order chi connectivity index (χ1) is 8.36. The third-order valence-corrected chi connectivity index (χ3v) is 1.97. The molecule has 0 amide bonds. The Hall–Kier alpha value is -2.05. The Labute approximate surface area is 100 Å². The van der Waals surface area contributed by atoms with Crippen LogP contribution in [0.5, 0.6) is 0 Å². The molecule has 4 nitrogen and oxygen atoms in total. The molecular weight excluding hydrogens is 253 g/mol. The second kappa shape index (κ2) is 5.52. The van der Waals surface area contributed by atoms with E-state index in [-0.39, 0.29) is 5.56 Å². The van der Waals surface area contributed by atoms with Gasteiger partial charge in [0.15, 0.2) is 0 Å². The molecule has 1 rings (SSSR count). The van der Waals surface area contributed by atoms with Gasteiger partial charge in [-0.3, -0.25) is 0 Å². The molecule has 0 heterocycles. The molecule has 7 heteroatoms. The molecular formula is C11H9F3O4. The van der Waals surface area contributed by atoms with Gasteiger partial charge in [-0.05, 0) is 0 Å². The lowest BCUT2D eigenvalue weighted by Crippen LogP contribution is -2.30. The van der Waals surface area contributed by atoms with Gasteiger partial charge < -0.3 is 9.47 Å². The number of hydrogen-bond acceptors (Lipinski definition) is 4. The van der Waals surface area contributed by atoms with Gasteiger partial charge in [-0.2, -0.15) is 13.2 Å². The Bertz CT molecular complexity index is 428. The summed E-state index contributed by atoms with van der Waals surface area (Å²) < 4.78 is 44.6. The summed E-state index contributed by atoms with van der Waals surface area (Å²) in [7, 11) is 0.986. The van der Waals surface area contributed by atoms with E-state index >= 15 is 0 Å². The molecule has 1 aromatic rings. The standard InChI is InChI=1S/C11H9F3O4/c1-17-9(15)8(7-5-3-2-4-6-7)18-10(16)11(12,13)14/h2-6,8H,1H3. The molecule has 0 saturated heterocycles. The first kappa shape index (κ1) is 14.0. The molecule has 1 unspecified atom stereocenters. The van der Waals surface area contributed by atoms with Crippen LogP contribution in [0.3, 0.4) is 0 Å². The Morgan fingerprint density at radius 1 is 1.17 bits per heavy atom. The van der Waals surface area contributed by atoms with Gasteiger partial charge >= 0.3 is 18.1 Å². The Kier molecular flexibility index (Phi) is 4.30. The average Bonchev–Trinajstić information content (AvgIpc) is 2.34. The number of ether oxygens (including phenoxy) is 2. The molecule has 0 saturated carbocycles. The summed E-state index contributed by atoms with van der Waals surface area (Å²) in [5.41, 5.74) is 0.0990. The predicted octanol–water partition coefficient (Wildman–Crippen LogP) is 2.01. The molecule has 0 aliphatic heterocycles. The summed E-state index contributed by atoms with van der Waals surface area (Å²) in [5.74, 6) is -3.53. The van der Waals surface area contributed by atoms with Gasteiger partial charge in [0.25, 0.3) is 0 Å². The van der Waals surface area contributed by atoms with E-state index in [0.29, 0.717) is 0 Å². The van der Waals surface area contributed by atoms with Crippen LogP contribution in [-0.2, 0) is 19.1 Å². The smallest absolute Gasteiger partial charge is 0.466 e. The fourth-order valence-corrected chi connectivity index (χ4v) is 1.16. The van der Waals surface area contributed by atoms with Crippen molar-refractivity contribution in [1.29, 1.82) is 0 Å². The number of halogens is 3. The number of benzene rings is 1. The van der Waals surface area contributed by atoms with Gasteiger partial charge in [-0.15, -0.1) is 0 Å². The maximum atomic E-state index is 12.1. The van der Waals surface area contributed by atoms with Gasteiger partial charge in [0.1, 0.15) is 0 Å². The minimum absolute atomic E-state index is 0.0990. The van der Waals surface area contributed by atoms with Crippen LogP contribution in [0.25, 0.3) is 0 Å². The fourth-order valence-electron chi connectivity index (χ4n) is 1.16. The molecule has 0 aliphatic rings. The lowest BCUT2D eigenvalue weighted by Gasteiger charge is -2.16. The van der Waals surface area contributed by atoms with Crippen LogP contribution in [0.2, 0.25) is 0 Å². The first-order valence-electron chi connectivity index (χ1n) is 4.77. The average molecular weight is 262 g/mol. The number of methoxy groups -OCH3 is 1. The molecule has 0 aromatic heterocycles. The van der Waals surface area contributed by atoms with Crippen LogP contribution in [-0.4, -0.2) is 25.2 Å². The minimum atomic E-state index is -5.17. The van der Waals surface area contributed by atoms with E-state index in [2.05, 4.69) is 9.47 Å². The Balaban J connectivity index is 2.95. The summed E-state index contributed by atoms with van der Waals surface area (Å²) in [5, 5.41) is 0. The third kappa shape index (κ3) is 3.47. The zero-order valence-electron chi connectivity index (χ0n) is 9.23. The van der Waals surface area contributed by atoms with Crippen LogP contribution in [0.1, 0.15) is 11.7 Å². The summed E-state index contributed by atoms with van der Waals surface area (Å²) in [6, 6.07) is 7.29. The number of carbonyl (C=O) groups excluding carboxylic acids is 2. The molecule has 0 spiro atoms. The van der Waals surface area contributed by atoms with Crippen molar-refractivity contribution in [2.45, 2.75) is 12.3 Å². The largest absolute Gasteiger partial charge is 0.490 e. The molecule has 0 N–H and O–H groups in total. The van der Waals surface area contributed by atoms with Crippen LogP contribution in [0, 0.1) is 0 Å². The van der Waals surface area contributed by atoms with Gasteiger partial charge in [0.05, 0.1) is 7.11 Å². The monoisotopic (exact) mass is 262 g/mol. The molecule has 1 atom stereocenters. The van der Waals surface area contributed by atoms with Crippen molar-refractivity contribution in [2.24, 2.45) is 0 Å². The molecule has 0 fully saturated rings. The second-order valence-corrected chi connectivity index (χ2v) is 3.22. The topological polar surface area (TPSA) is 52.6 Å². The normalized spacial score (nSPS) is 12.7. The third-order valence-electron chi connectivity index (χ3n) is 1.97. The van der Waals surface area contributed by atoms with E-state index in [4.69, 9.17) is 0 Å². The second-order valence-electron chi connectivity index (χ2n) is 3.22. The predicted molar refractivity (Wildman–Crippen MR) is 53.3 cm³/mol. The summed E-state index contributed by atoms with van der Waals surface area (Å²) >= 11 is 0. The van der Waals surface area contributed by atoms with Crippen molar-refractivity contribution in [3.05, 3.63) is 35.9 Å². The number of alkyl halides is 3. The van der Waals surface area contributed by atoms with Crippen molar-refractivity contribution in [1.82, 2.24) is 0 Å². The molecule has 98 valence electrons. The maximum absolute atomic E-state index is 12.1. The maximum Gasteiger partial charge on any atom is 0.490 e. The van der Waals surface area contributed by atoms with Crippen LogP contribution >= 0.6 is 0 Å². The van der Waals surface area contributed by atoms with E-state index in [0.717, 1.165) is 7.11 Å². The van der Waals surface area contributed by atoms with Gasteiger partial charge in [-0.1, -0.05) is 30.3 Å². The lowest BCUT2D eigenvalue weighted by molar-refractivity contribution is -0.208. The molecule has 1 aromatic carbocycles. The fraction of sp³-hybridized carbons (Fsp3) is 0.273. The Morgan fingerprint density at radius 3 is 2.17 bits per heavy atom. The van der Waals surface area contributed by atoms with Gasteiger partial charge in [0, 0.05) is 5.56 Å². The van der Waals surface area contributed by atoms with E-state index in [9.17, 15) is 22.8 Å². The zero-order valence-corrected chi connectivity index (χ0v) is 9.23. The Morgan fingerprint density at radius 2 is 1.72 bits per heavy atom. The molecule has 0 bridgehead atoms. The van der Waals surface area contributed by atoms with Gasteiger partial charge in [0.2, 0.25) is 6.10 Å². The van der Waals surface area contributed by atoms with Crippen molar-refractivity contribution < 1.29 is 32.2 Å².